The molecule has 2 rings (SSSR count). The number of nitrogens with one attached hydrogen (secondary N) is 1. The average Bonchev–Trinajstić information content (AvgIpc) is 2.53. The monoisotopic (exact) mass is 346 g/mol. The van der Waals surface area contributed by atoms with Gasteiger partial charge in [-0.3, -0.25) is 4.79 Å². The van der Waals surface area contributed by atoms with E-state index in [2.05, 4.69) is 5.32 Å². The first kappa shape index (κ1) is 18.1. The van der Waals surface area contributed by atoms with E-state index in [4.69, 9.17) is 16.3 Å². The highest BCUT2D eigenvalue weighted by Gasteiger charge is 2.05. The number of ether oxygens (including phenoxy) is 1. The Balaban J connectivity index is 1.73. The molecule has 0 aliphatic heterocycles. The van der Waals surface area contributed by atoms with E-state index in [1.165, 1.54) is 0 Å². The molecule has 0 radical (unpaired) electrons. The van der Waals surface area contributed by atoms with Crippen molar-refractivity contribution in [3.63, 3.8) is 0 Å². The summed E-state index contributed by atoms with van der Waals surface area (Å²) in [6.07, 6.45) is 1.08. The molecule has 1 amide bonds. The minimum atomic E-state index is -0.0102. The van der Waals surface area contributed by atoms with E-state index >= 15 is 0 Å². The minimum Gasteiger partial charge on any atom is -0.493 e. The van der Waals surface area contributed by atoms with Crippen molar-refractivity contribution in [3.05, 3.63) is 53.1 Å². The lowest BCUT2D eigenvalue weighted by atomic mass is 10.2. The lowest BCUT2D eigenvalue weighted by molar-refractivity contribution is -0.116. The van der Waals surface area contributed by atoms with Crippen molar-refractivity contribution in [1.29, 1.82) is 0 Å². The third-order valence-electron chi connectivity index (χ3n) is 3.61. The van der Waals surface area contributed by atoms with Gasteiger partial charge in [-0.05, 0) is 61.4 Å². The normalized spacial score (nSPS) is 10.3. The van der Waals surface area contributed by atoms with E-state index in [0.29, 0.717) is 24.5 Å². The van der Waals surface area contributed by atoms with Gasteiger partial charge in [0.05, 0.1) is 6.61 Å². The van der Waals surface area contributed by atoms with E-state index in [0.717, 1.165) is 22.7 Å². The van der Waals surface area contributed by atoms with Crippen LogP contribution in [-0.4, -0.2) is 26.6 Å². The molecule has 0 atom stereocenters. The molecule has 0 fully saturated rings. The van der Waals surface area contributed by atoms with Crippen LogP contribution in [0.25, 0.3) is 0 Å². The third kappa shape index (κ3) is 5.46. The van der Waals surface area contributed by atoms with Crippen molar-refractivity contribution >= 4 is 28.9 Å². The lowest BCUT2D eigenvalue weighted by Gasteiger charge is -2.13. The van der Waals surface area contributed by atoms with Crippen LogP contribution in [0.1, 0.15) is 18.4 Å². The number of nitrogens with zero attached hydrogens (tertiary/aromatic N) is 1. The van der Waals surface area contributed by atoms with Crippen molar-refractivity contribution in [2.45, 2.75) is 19.8 Å². The number of rotatable bonds is 7. The summed E-state index contributed by atoms with van der Waals surface area (Å²) in [7, 11) is 3.96. The molecule has 4 nitrogen and oxygen atoms in total. The summed E-state index contributed by atoms with van der Waals surface area (Å²) in [5.74, 6) is 0.795. The van der Waals surface area contributed by atoms with Gasteiger partial charge in [-0.15, -0.1) is 0 Å². The van der Waals surface area contributed by atoms with Crippen molar-refractivity contribution < 1.29 is 9.53 Å². The molecule has 0 aliphatic carbocycles. The zero-order valence-corrected chi connectivity index (χ0v) is 15.1. The van der Waals surface area contributed by atoms with E-state index in [1.807, 2.05) is 62.3 Å². The Labute approximate surface area is 148 Å². The maximum Gasteiger partial charge on any atom is 0.224 e. The highest BCUT2D eigenvalue weighted by atomic mass is 35.5. The predicted molar refractivity (Wildman–Crippen MR) is 100 cm³/mol. The van der Waals surface area contributed by atoms with Crippen LogP contribution in [0.2, 0.25) is 5.02 Å². The molecule has 0 aliphatic rings. The van der Waals surface area contributed by atoms with Crippen LogP contribution in [0.3, 0.4) is 0 Å². The summed E-state index contributed by atoms with van der Waals surface area (Å²) < 4.78 is 5.69. The van der Waals surface area contributed by atoms with E-state index < -0.39 is 0 Å². The van der Waals surface area contributed by atoms with Gasteiger partial charge in [0, 0.05) is 36.9 Å². The minimum absolute atomic E-state index is 0.0102. The highest BCUT2D eigenvalue weighted by Crippen LogP contribution is 2.22. The zero-order chi connectivity index (χ0) is 17.5. The van der Waals surface area contributed by atoms with Gasteiger partial charge in [-0.1, -0.05) is 11.6 Å². The number of benzene rings is 2. The van der Waals surface area contributed by atoms with Gasteiger partial charge in [0.25, 0.3) is 0 Å². The molecule has 0 unspecified atom stereocenters. The Morgan fingerprint density at radius 1 is 1.17 bits per heavy atom. The van der Waals surface area contributed by atoms with E-state index in [9.17, 15) is 4.79 Å². The standard InChI is InChI=1S/C19H23ClN2O2/c1-14-13-15(20)6-11-18(14)24-12-4-5-19(23)21-16-7-9-17(10-8-16)22(2)3/h6-11,13H,4-5,12H2,1-3H3,(H,21,23). The molecule has 2 aromatic carbocycles. The molecule has 0 bridgehead atoms. The van der Waals surface area contributed by atoms with Crippen molar-refractivity contribution in [1.82, 2.24) is 0 Å². The van der Waals surface area contributed by atoms with Gasteiger partial charge >= 0.3 is 0 Å². The van der Waals surface area contributed by atoms with Crippen LogP contribution >= 0.6 is 11.6 Å². The van der Waals surface area contributed by atoms with Gasteiger partial charge in [0.15, 0.2) is 0 Å². The first-order valence-electron chi connectivity index (χ1n) is 7.92. The van der Waals surface area contributed by atoms with Crippen LogP contribution in [-0.2, 0) is 4.79 Å². The zero-order valence-electron chi connectivity index (χ0n) is 14.3. The summed E-state index contributed by atoms with van der Waals surface area (Å²) in [5, 5.41) is 3.59. The fourth-order valence-electron chi connectivity index (χ4n) is 2.26. The number of amides is 1. The van der Waals surface area contributed by atoms with Crippen molar-refractivity contribution in [3.8, 4) is 5.75 Å². The van der Waals surface area contributed by atoms with Gasteiger partial charge in [0.1, 0.15) is 5.75 Å². The molecule has 0 heterocycles. The largest absolute Gasteiger partial charge is 0.493 e. The second kappa shape index (κ2) is 8.60. The molecule has 24 heavy (non-hydrogen) atoms. The number of halogens is 1. The van der Waals surface area contributed by atoms with Gasteiger partial charge in [-0.25, -0.2) is 0 Å². The first-order valence-corrected chi connectivity index (χ1v) is 8.29. The number of anilines is 2. The molecule has 5 heteroatoms. The summed E-state index contributed by atoms with van der Waals surface area (Å²) in [6.45, 7) is 2.45. The molecule has 0 saturated heterocycles. The van der Waals surface area contributed by atoms with E-state index in [-0.39, 0.29) is 5.91 Å². The van der Waals surface area contributed by atoms with Gasteiger partial charge in [0.2, 0.25) is 5.91 Å². The fraction of sp³-hybridized carbons (Fsp3) is 0.316. The number of carbonyl (C=O) groups excluding carboxylic acids is 1. The van der Waals surface area contributed by atoms with Crippen molar-refractivity contribution in [2.24, 2.45) is 0 Å². The van der Waals surface area contributed by atoms with Crippen LogP contribution in [0.15, 0.2) is 42.5 Å². The summed E-state index contributed by atoms with van der Waals surface area (Å²) in [6, 6.07) is 13.3. The lowest BCUT2D eigenvalue weighted by Crippen LogP contribution is -2.13. The molecule has 128 valence electrons. The SMILES string of the molecule is Cc1cc(Cl)ccc1OCCCC(=O)Nc1ccc(N(C)C)cc1. The maximum absolute atomic E-state index is 12.0. The molecular formula is C19H23ClN2O2. The molecule has 0 spiro atoms. The molecule has 0 saturated carbocycles. The van der Waals surface area contributed by atoms with Crippen LogP contribution in [0.5, 0.6) is 5.75 Å². The smallest absolute Gasteiger partial charge is 0.224 e. The topological polar surface area (TPSA) is 41.6 Å². The third-order valence-corrected chi connectivity index (χ3v) is 3.85. The predicted octanol–water partition coefficient (Wildman–Crippen LogP) is 4.51. The quantitative estimate of drug-likeness (QED) is 0.750. The average molecular weight is 347 g/mol. The summed E-state index contributed by atoms with van der Waals surface area (Å²) in [4.78, 5) is 14.0. The first-order chi connectivity index (χ1) is 11.5. The van der Waals surface area contributed by atoms with Crippen LogP contribution in [0, 0.1) is 6.92 Å². The Hall–Kier alpha value is -2.20. The van der Waals surface area contributed by atoms with Crippen molar-refractivity contribution in [2.75, 3.05) is 30.9 Å². The summed E-state index contributed by atoms with van der Waals surface area (Å²) in [5.41, 5.74) is 2.90. The second-order valence-electron chi connectivity index (χ2n) is 5.85. The summed E-state index contributed by atoms with van der Waals surface area (Å²) >= 11 is 5.91. The Morgan fingerprint density at radius 2 is 1.88 bits per heavy atom. The Kier molecular flexibility index (Phi) is 6.50. The van der Waals surface area contributed by atoms with Crippen LogP contribution < -0.4 is 15.0 Å². The molecular weight excluding hydrogens is 324 g/mol. The molecule has 2 aromatic rings. The van der Waals surface area contributed by atoms with Crippen LogP contribution in [0.4, 0.5) is 11.4 Å². The van der Waals surface area contributed by atoms with Gasteiger partial charge < -0.3 is 15.0 Å². The van der Waals surface area contributed by atoms with Gasteiger partial charge in [-0.2, -0.15) is 0 Å². The number of carbonyl (C=O) groups is 1. The Morgan fingerprint density at radius 3 is 2.50 bits per heavy atom. The number of aryl methyl sites for hydroxylation is 1. The second-order valence-corrected chi connectivity index (χ2v) is 6.29. The number of hydrogen-bond acceptors (Lipinski definition) is 3. The fourth-order valence-corrected chi connectivity index (χ4v) is 2.48. The molecule has 0 aromatic heterocycles. The maximum atomic E-state index is 12.0. The molecule has 1 N–H and O–H groups in total. The van der Waals surface area contributed by atoms with E-state index in [1.54, 1.807) is 6.07 Å². The Bertz CT molecular complexity index is 684. The highest BCUT2D eigenvalue weighted by molar-refractivity contribution is 6.30. The number of hydrogen-bond donors (Lipinski definition) is 1.